The lowest BCUT2D eigenvalue weighted by Crippen LogP contribution is -3.00. The van der Waals surface area contributed by atoms with Crippen molar-refractivity contribution in [1.82, 2.24) is 4.90 Å². The standard InChI is InChI=1S/C11H17N3O.2ClH/c1-13(2)6-3-7-14-8-4-11(5-9-14)10-12-15;;/h4-5,8-10H,3,6-7H2,1-2H3;2*1H. The van der Waals surface area contributed by atoms with Crippen molar-refractivity contribution in [2.24, 2.45) is 5.16 Å². The molecule has 0 aliphatic rings. The van der Waals surface area contributed by atoms with E-state index in [2.05, 4.69) is 28.7 Å². The van der Waals surface area contributed by atoms with Gasteiger partial charge in [0.2, 0.25) is 0 Å². The molecule has 0 aliphatic heterocycles. The van der Waals surface area contributed by atoms with Crippen molar-refractivity contribution in [1.29, 1.82) is 0 Å². The van der Waals surface area contributed by atoms with E-state index in [1.54, 1.807) is 0 Å². The molecule has 0 aromatic carbocycles. The van der Waals surface area contributed by atoms with Crippen LogP contribution in [0.25, 0.3) is 0 Å². The molecule has 0 amide bonds. The van der Waals surface area contributed by atoms with Crippen molar-refractivity contribution in [2.75, 3.05) is 20.6 Å². The highest BCUT2D eigenvalue weighted by atomic mass is 35.5. The van der Waals surface area contributed by atoms with Crippen molar-refractivity contribution < 1.29 is 22.2 Å². The Morgan fingerprint density at radius 1 is 1.35 bits per heavy atom. The smallest absolute Gasteiger partial charge is 0.169 e. The molecule has 0 bridgehead atoms. The Bertz CT molecular complexity index is 315. The van der Waals surface area contributed by atoms with Crippen molar-refractivity contribution in [2.45, 2.75) is 13.0 Å². The number of aryl methyl sites for hydroxylation is 1. The molecule has 1 aromatic rings. The van der Waals surface area contributed by atoms with Gasteiger partial charge < -0.3 is 22.5 Å². The molecule has 0 unspecified atom stereocenters. The van der Waals surface area contributed by atoms with Crippen molar-refractivity contribution in [3.63, 3.8) is 0 Å². The van der Waals surface area contributed by atoms with Crippen molar-refractivity contribution in [3.05, 3.63) is 30.1 Å². The van der Waals surface area contributed by atoms with E-state index < -0.39 is 0 Å². The zero-order valence-corrected chi connectivity index (χ0v) is 11.7. The molecular weight excluding hydrogens is 261 g/mol. The highest BCUT2D eigenvalue weighted by Crippen LogP contribution is 1.91. The fraction of sp³-hybridized carbons (Fsp3) is 0.455. The lowest BCUT2D eigenvalue weighted by Gasteiger charge is -2.06. The molecule has 0 aliphatic carbocycles. The van der Waals surface area contributed by atoms with E-state index in [1.165, 1.54) is 6.21 Å². The first kappa shape index (κ1) is 18.5. The van der Waals surface area contributed by atoms with Gasteiger partial charge in [-0.05, 0) is 14.1 Å². The summed E-state index contributed by atoms with van der Waals surface area (Å²) in [4.78, 5) is 2.17. The Morgan fingerprint density at radius 3 is 2.41 bits per heavy atom. The second kappa shape index (κ2) is 10.3. The second-order valence-electron chi connectivity index (χ2n) is 3.77. The van der Waals surface area contributed by atoms with E-state index >= 15 is 0 Å². The Balaban J connectivity index is 0. The highest BCUT2D eigenvalue weighted by molar-refractivity contribution is 5.85. The minimum Gasteiger partial charge on any atom is -1.00 e. The van der Waals surface area contributed by atoms with Crippen LogP contribution in [0, 0.1) is 0 Å². The van der Waals surface area contributed by atoms with Gasteiger partial charge in [0.25, 0.3) is 0 Å². The minimum atomic E-state index is 0. The van der Waals surface area contributed by atoms with Crippen LogP contribution < -0.4 is 17.0 Å². The number of hydrogen-bond donors (Lipinski definition) is 1. The van der Waals surface area contributed by atoms with Gasteiger partial charge >= 0.3 is 0 Å². The topological polar surface area (TPSA) is 39.7 Å². The monoisotopic (exact) mass is 279 g/mol. The van der Waals surface area contributed by atoms with Crippen molar-refractivity contribution in [3.8, 4) is 0 Å². The molecular formula is C11H19Cl2N3O. The molecule has 1 heterocycles. The van der Waals surface area contributed by atoms with E-state index in [0.717, 1.165) is 25.1 Å². The van der Waals surface area contributed by atoms with Crippen LogP contribution in [-0.4, -0.2) is 37.0 Å². The van der Waals surface area contributed by atoms with Crippen molar-refractivity contribution >= 4 is 18.6 Å². The van der Waals surface area contributed by atoms with Gasteiger partial charge in [0.05, 0.1) is 6.21 Å². The molecule has 0 radical (unpaired) electrons. The first-order valence-electron chi connectivity index (χ1n) is 5.03. The first-order chi connectivity index (χ1) is 7.22. The van der Waals surface area contributed by atoms with Gasteiger partial charge in [-0.25, -0.2) is 4.57 Å². The number of rotatable bonds is 5. The molecule has 1 rings (SSSR count). The van der Waals surface area contributed by atoms with Crippen LogP contribution in [-0.2, 0) is 6.54 Å². The summed E-state index contributed by atoms with van der Waals surface area (Å²) in [5.41, 5.74) is 0.904. The Hall–Kier alpha value is -0.840. The summed E-state index contributed by atoms with van der Waals surface area (Å²) in [6, 6.07) is 3.85. The van der Waals surface area contributed by atoms with Gasteiger partial charge in [-0.3, -0.25) is 0 Å². The summed E-state index contributed by atoms with van der Waals surface area (Å²) >= 11 is 0. The SMILES string of the molecule is CN(C)CCC[n+]1ccc(/C=N/O)cc1.Cl.[Cl-]. The summed E-state index contributed by atoms with van der Waals surface area (Å²) < 4.78 is 2.12. The summed E-state index contributed by atoms with van der Waals surface area (Å²) in [5, 5.41) is 11.3. The predicted molar refractivity (Wildman–Crippen MR) is 66.4 cm³/mol. The summed E-state index contributed by atoms with van der Waals surface area (Å²) in [7, 11) is 4.15. The molecule has 1 aromatic heterocycles. The average molecular weight is 280 g/mol. The Kier molecular flexibility index (Phi) is 11.2. The molecule has 4 nitrogen and oxygen atoms in total. The predicted octanol–water partition coefficient (Wildman–Crippen LogP) is -1.84. The van der Waals surface area contributed by atoms with Crippen LogP contribution in [0.3, 0.4) is 0 Å². The maximum Gasteiger partial charge on any atom is 0.169 e. The molecule has 17 heavy (non-hydrogen) atoms. The summed E-state index contributed by atoms with van der Waals surface area (Å²) in [6.45, 7) is 2.10. The summed E-state index contributed by atoms with van der Waals surface area (Å²) in [5.74, 6) is 0. The minimum absolute atomic E-state index is 0. The zero-order valence-electron chi connectivity index (χ0n) is 10.1. The molecule has 0 saturated carbocycles. The maximum absolute atomic E-state index is 8.35. The molecule has 0 fully saturated rings. The molecule has 1 N–H and O–H groups in total. The van der Waals surface area contributed by atoms with E-state index in [4.69, 9.17) is 5.21 Å². The van der Waals surface area contributed by atoms with E-state index in [-0.39, 0.29) is 24.8 Å². The third kappa shape index (κ3) is 7.96. The van der Waals surface area contributed by atoms with Crippen LogP contribution in [0.2, 0.25) is 0 Å². The van der Waals surface area contributed by atoms with Crippen LogP contribution in [0.5, 0.6) is 0 Å². The second-order valence-corrected chi connectivity index (χ2v) is 3.77. The lowest BCUT2D eigenvalue weighted by atomic mass is 10.3. The van der Waals surface area contributed by atoms with Gasteiger partial charge in [0.1, 0.15) is 6.54 Å². The van der Waals surface area contributed by atoms with Crippen LogP contribution in [0.1, 0.15) is 12.0 Å². The number of oxime groups is 1. The number of halogens is 2. The number of hydrogen-bond acceptors (Lipinski definition) is 3. The van der Waals surface area contributed by atoms with Gasteiger partial charge in [0, 0.05) is 30.7 Å². The molecule has 6 heteroatoms. The van der Waals surface area contributed by atoms with E-state index in [0.29, 0.717) is 0 Å². The third-order valence-corrected chi connectivity index (χ3v) is 2.15. The van der Waals surface area contributed by atoms with Crippen LogP contribution in [0.15, 0.2) is 29.7 Å². The molecule has 0 spiro atoms. The lowest BCUT2D eigenvalue weighted by molar-refractivity contribution is -0.697. The van der Waals surface area contributed by atoms with Gasteiger partial charge in [0.15, 0.2) is 12.4 Å². The van der Waals surface area contributed by atoms with E-state index in [9.17, 15) is 0 Å². The average Bonchev–Trinajstić information content (AvgIpc) is 2.20. The zero-order chi connectivity index (χ0) is 11.1. The quantitative estimate of drug-likeness (QED) is 0.298. The number of nitrogens with zero attached hydrogens (tertiary/aromatic N) is 3. The molecule has 0 atom stereocenters. The van der Waals surface area contributed by atoms with Gasteiger partial charge in [-0.1, -0.05) is 5.16 Å². The van der Waals surface area contributed by atoms with Gasteiger partial charge in [-0.15, -0.1) is 12.4 Å². The number of aromatic nitrogens is 1. The fourth-order valence-electron chi connectivity index (χ4n) is 1.34. The number of pyridine rings is 1. The molecule has 0 saturated heterocycles. The summed E-state index contributed by atoms with van der Waals surface area (Å²) in [6.07, 6.45) is 6.54. The Morgan fingerprint density at radius 2 is 1.94 bits per heavy atom. The highest BCUT2D eigenvalue weighted by Gasteiger charge is 2.00. The fourth-order valence-corrected chi connectivity index (χ4v) is 1.34. The van der Waals surface area contributed by atoms with Crippen LogP contribution in [0.4, 0.5) is 0 Å². The van der Waals surface area contributed by atoms with Gasteiger partial charge in [-0.2, -0.15) is 0 Å². The van der Waals surface area contributed by atoms with E-state index in [1.807, 2.05) is 24.5 Å². The first-order valence-corrected chi connectivity index (χ1v) is 5.03. The normalized spacial score (nSPS) is 10.1. The third-order valence-electron chi connectivity index (χ3n) is 2.15. The Labute approximate surface area is 115 Å². The van der Waals surface area contributed by atoms with Crippen LogP contribution >= 0.6 is 12.4 Å². The maximum atomic E-state index is 8.35. The largest absolute Gasteiger partial charge is 1.00 e. The molecule has 98 valence electrons.